The summed E-state index contributed by atoms with van der Waals surface area (Å²) in [6, 6.07) is 0. The van der Waals surface area contributed by atoms with Gasteiger partial charge < -0.3 is 5.73 Å². The van der Waals surface area contributed by atoms with Gasteiger partial charge in [0.15, 0.2) is 0 Å². The maximum absolute atomic E-state index is 6.13. The van der Waals surface area contributed by atoms with E-state index in [9.17, 15) is 0 Å². The molecule has 0 aliphatic rings. The van der Waals surface area contributed by atoms with Crippen molar-refractivity contribution < 1.29 is 0 Å². The van der Waals surface area contributed by atoms with E-state index >= 15 is 0 Å². The number of unbranched alkanes of at least 4 members (excludes halogenated alkanes) is 1. The Labute approximate surface area is 132 Å². The smallest absolute Gasteiger partial charge is 0.0122 e. The molecule has 0 heterocycles. The Kier molecular flexibility index (Phi) is 9.53. The topological polar surface area (TPSA) is 26.0 Å². The molecule has 0 radical (unpaired) electrons. The third-order valence-corrected chi connectivity index (χ3v) is 3.68. The molecule has 0 aliphatic carbocycles. The van der Waals surface area contributed by atoms with Gasteiger partial charge in [-0.25, -0.2) is 0 Å². The second-order valence-electron chi connectivity index (χ2n) is 6.05. The summed E-state index contributed by atoms with van der Waals surface area (Å²) in [6.45, 7) is 16.9. The van der Waals surface area contributed by atoms with Crippen LogP contribution >= 0.6 is 0 Å². The van der Waals surface area contributed by atoms with Gasteiger partial charge in [0.25, 0.3) is 0 Å². The molecule has 1 nitrogen and oxygen atoms in total. The first-order valence-electron chi connectivity index (χ1n) is 7.91. The van der Waals surface area contributed by atoms with E-state index in [1.807, 2.05) is 0 Å². The molecule has 0 aromatic carbocycles. The van der Waals surface area contributed by atoms with E-state index in [0.717, 1.165) is 24.1 Å². The summed E-state index contributed by atoms with van der Waals surface area (Å²) >= 11 is 0. The highest BCUT2D eigenvalue weighted by Crippen LogP contribution is 2.21. The zero-order valence-electron chi connectivity index (χ0n) is 14.8. The average molecular weight is 287 g/mol. The molecule has 1 heteroatoms. The molecular weight excluding hydrogens is 254 g/mol. The van der Waals surface area contributed by atoms with Crippen LogP contribution in [0.3, 0.4) is 0 Å². The van der Waals surface area contributed by atoms with Crippen molar-refractivity contribution >= 4 is 0 Å². The van der Waals surface area contributed by atoms with Gasteiger partial charge in [0.1, 0.15) is 0 Å². The average Bonchev–Trinajstić information content (AvgIpc) is 2.38. The van der Waals surface area contributed by atoms with Crippen LogP contribution in [0.1, 0.15) is 67.2 Å². The lowest BCUT2D eigenvalue weighted by atomic mass is 9.97. The van der Waals surface area contributed by atoms with E-state index < -0.39 is 0 Å². The summed E-state index contributed by atoms with van der Waals surface area (Å²) in [6.07, 6.45) is 10.7. The molecule has 21 heavy (non-hydrogen) atoms. The summed E-state index contributed by atoms with van der Waals surface area (Å²) in [4.78, 5) is 0. The molecular formula is C20H33N. The Balaban J connectivity index is 4.94. The van der Waals surface area contributed by atoms with E-state index in [1.54, 1.807) is 0 Å². The minimum absolute atomic E-state index is 0.791. The maximum atomic E-state index is 6.13. The molecule has 0 saturated carbocycles. The predicted octanol–water partition coefficient (Wildman–Crippen LogP) is 6.21. The molecule has 0 unspecified atom stereocenters. The van der Waals surface area contributed by atoms with Crippen molar-refractivity contribution in [1.29, 1.82) is 0 Å². The summed E-state index contributed by atoms with van der Waals surface area (Å²) < 4.78 is 0. The molecule has 0 aromatic heterocycles. The molecule has 0 amide bonds. The van der Waals surface area contributed by atoms with Crippen molar-refractivity contribution in [1.82, 2.24) is 0 Å². The second-order valence-corrected chi connectivity index (χ2v) is 6.05. The highest BCUT2D eigenvalue weighted by molar-refractivity contribution is 5.38. The van der Waals surface area contributed by atoms with Crippen molar-refractivity contribution in [3.05, 3.63) is 58.4 Å². The number of hydrogen-bond donors (Lipinski definition) is 1. The van der Waals surface area contributed by atoms with Gasteiger partial charge in [-0.15, -0.1) is 0 Å². The molecule has 0 rings (SSSR count). The highest BCUT2D eigenvalue weighted by Gasteiger charge is 2.02. The Morgan fingerprint density at radius 3 is 2.14 bits per heavy atom. The predicted molar refractivity (Wildman–Crippen MR) is 97.1 cm³/mol. The van der Waals surface area contributed by atoms with E-state index in [4.69, 9.17) is 5.73 Å². The molecule has 0 saturated heterocycles. The molecule has 0 fully saturated rings. The minimum Gasteiger partial charge on any atom is -0.402 e. The van der Waals surface area contributed by atoms with Crippen LogP contribution in [-0.2, 0) is 0 Å². The fraction of sp³-hybridized carbons (Fsp3) is 0.500. The fourth-order valence-electron chi connectivity index (χ4n) is 2.06. The maximum Gasteiger partial charge on any atom is 0.0122 e. The normalized spacial score (nSPS) is 13.3. The van der Waals surface area contributed by atoms with Crippen molar-refractivity contribution in [2.45, 2.75) is 67.2 Å². The van der Waals surface area contributed by atoms with Gasteiger partial charge in [0.05, 0.1) is 0 Å². The zero-order valence-corrected chi connectivity index (χ0v) is 14.8. The van der Waals surface area contributed by atoms with Crippen molar-refractivity contribution in [2.75, 3.05) is 0 Å². The second kappa shape index (κ2) is 10.3. The SMILES string of the molecule is C=C(C)/C(CCCC)=C(C)/C=C(/N)C/C=C/C(C)=C(C)C. The van der Waals surface area contributed by atoms with Crippen LogP contribution < -0.4 is 5.73 Å². The molecule has 0 aliphatic heterocycles. The van der Waals surface area contributed by atoms with Crippen LogP contribution in [0.15, 0.2) is 58.4 Å². The lowest BCUT2D eigenvalue weighted by molar-refractivity contribution is 0.787. The Morgan fingerprint density at radius 1 is 1.05 bits per heavy atom. The Morgan fingerprint density at radius 2 is 1.67 bits per heavy atom. The zero-order chi connectivity index (χ0) is 16.4. The van der Waals surface area contributed by atoms with E-state index in [2.05, 4.69) is 66.3 Å². The van der Waals surface area contributed by atoms with Gasteiger partial charge in [-0.2, -0.15) is 0 Å². The van der Waals surface area contributed by atoms with E-state index in [0.29, 0.717) is 0 Å². The molecule has 0 bridgehead atoms. The number of nitrogens with two attached hydrogens (primary N) is 1. The summed E-state index contributed by atoms with van der Waals surface area (Å²) in [7, 11) is 0. The van der Waals surface area contributed by atoms with Crippen LogP contribution in [0.5, 0.6) is 0 Å². The Bertz CT molecular complexity index is 466. The van der Waals surface area contributed by atoms with Gasteiger partial charge in [-0.1, -0.05) is 48.8 Å². The minimum atomic E-state index is 0.791. The number of allylic oxidation sites excluding steroid dienone is 8. The van der Waals surface area contributed by atoms with Crippen molar-refractivity contribution in [3.8, 4) is 0 Å². The quantitative estimate of drug-likeness (QED) is 0.527. The molecule has 0 aromatic rings. The largest absolute Gasteiger partial charge is 0.402 e. The lowest BCUT2D eigenvalue weighted by Crippen LogP contribution is -1.98. The Hall–Kier alpha value is -1.50. The fourth-order valence-corrected chi connectivity index (χ4v) is 2.06. The van der Waals surface area contributed by atoms with Crippen LogP contribution in [0.25, 0.3) is 0 Å². The molecule has 118 valence electrons. The summed E-state index contributed by atoms with van der Waals surface area (Å²) in [5.74, 6) is 0. The van der Waals surface area contributed by atoms with Gasteiger partial charge in [0, 0.05) is 12.1 Å². The number of rotatable bonds is 8. The van der Waals surface area contributed by atoms with Crippen molar-refractivity contribution in [3.63, 3.8) is 0 Å². The van der Waals surface area contributed by atoms with E-state index in [1.165, 1.54) is 35.1 Å². The summed E-state index contributed by atoms with van der Waals surface area (Å²) in [5.41, 5.74) is 13.4. The molecule has 0 atom stereocenters. The lowest BCUT2D eigenvalue weighted by Gasteiger charge is -2.10. The highest BCUT2D eigenvalue weighted by atomic mass is 14.6. The third-order valence-electron chi connectivity index (χ3n) is 3.68. The third kappa shape index (κ3) is 8.39. The molecule has 2 N–H and O–H groups in total. The van der Waals surface area contributed by atoms with Crippen LogP contribution in [0.2, 0.25) is 0 Å². The first-order chi connectivity index (χ1) is 9.79. The standard InChI is InChI=1S/C20H33N/c1-8-9-13-20(16(4)5)18(7)14-19(21)12-10-11-17(6)15(2)3/h10-11,14H,4,8-9,12-13,21H2,1-3,5-7H3/b11-10+,19-14+,20-18+. The molecule has 0 spiro atoms. The van der Waals surface area contributed by atoms with Gasteiger partial charge >= 0.3 is 0 Å². The number of hydrogen-bond acceptors (Lipinski definition) is 1. The van der Waals surface area contributed by atoms with Crippen LogP contribution in [0, 0.1) is 0 Å². The van der Waals surface area contributed by atoms with Gasteiger partial charge in [0.2, 0.25) is 0 Å². The monoisotopic (exact) mass is 287 g/mol. The van der Waals surface area contributed by atoms with Crippen LogP contribution in [0.4, 0.5) is 0 Å². The first-order valence-corrected chi connectivity index (χ1v) is 7.91. The van der Waals surface area contributed by atoms with E-state index in [-0.39, 0.29) is 0 Å². The van der Waals surface area contributed by atoms with Gasteiger partial charge in [-0.3, -0.25) is 0 Å². The first kappa shape index (κ1) is 19.5. The van der Waals surface area contributed by atoms with Crippen LogP contribution in [-0.4, -0.2) is 0 Å². The summed E-state index contributed by atoms with van der Waals surface area (Å²) in [5, 5.41) is 0. The van der Waals surface area contributed by atoms with Gasteiger partial charge in [-0.05, 0) is 64.7 Å². The van der Waals surface area contributed by atoms with Crippen molar-refractivity contribution in [2.24, 2.45) is 5.73 Å².